The van der Waals surface area contributed by atoms with E-state index in [9.17, 15) is 0 Å². The first kappa shape index (κ1) is 11.0. The van der Waals surface area contributed by atoms with Gasteiger partial charge in [-0.1, -0.05) is 0 Å². The maximum absolute atomic E-state index is 3.67. The molecule has 1 N–H and O–H groups in total. The van der Waals surface area contributed by atoms with E-state index in [-0.39, 0.29) is 0 Å². The standard InChI is InChI=1S/C13H25N3/c1-13(5-2-6-14-13)11-15-7-9-16(10-8-15)12-3-4-12/h12,14H,2-11H2,1H3. The van der Waals surface area contributed by atoms with Gasteiger partial charge in [0.15, 0.2) is 0 Å². The predicted molar refractivity (Wildman–Crippen MR) is 66.7 cm³/mol. The highest BCUT2D eigenvalue weighted by atomic mass is 15.3. The molecular formula is C13H25N3. The van der Waals surface area contributed by atoms with Crippen LogP contribution in [-0.2, 0) is 0 Å². The van der Waals surface area contributed by atoms with Crippen molar-refractivity contribution in [1.29, 1.82) is 0 Å². The SMILES string of the molecule is CC1(CN2CCN(C3CC3)CC2)CCCN1. The van der Waals surface area contributed by atoms with Crippen molar-refractivity contribution in [1.82, 2.24) is 15.1 Å². The van der Waals surface area contributed by atoms with Gasteiger partial charge in [0, 0.05) is 44.3 Å². The molecule has 92 valence electrons. The zero-order chi connectivity index (χ0) is 11.0. The van der Waals surface area contributed by atoms with Gasteiger partial charge >= 0.3 is 0 Å². The van der Waals surface area contributed by atoms with Crippen LogP contribution in [0.25, 0.3) is 0 Å². The largest absolute Gasteiger partial charge is 0.310 e. The Morgan fingerprint density at radius 2 is 1.94 bits per heavy atom. The van der Waals surface area contributed by atoms with Crippen molar-refractivity contribution in [2.75, 3.05) is 39.3 Å². The van der Waals surface area contributed by atoms with Gasteiger partial charge in [0.1, 0.15) is 0 Å². The molecular weight excluding hydrogens is 198 g/mol. The molecule has 1 aliphatic carbocycles. The summed E-state index contributed by atoms with van der Waals surface area (Å²) < 4.78 is 0. The van der Waals surface area contributed by atoms with Gasteiger partial charge in [-0.2, -0.15) is 0 Å². The monoisotopic (exact) mass is 223 g/mol. The van der Waals surface area contributed by atoms with Gasteiger partial charge in [-0.15, -0.1) is 0 Å². The third kappa shape index (κ3) is 2.41. The molecule has 1 unspecified atom stereocenters. The molecule has 0 bridgehead atoms. The molecule has 0 aromatic rings. The van der Waals surface area contributed by atoms with Crippen LogP contribution in [0.5, 0.6) is 0 Å². The van der Waals surface area contributed by atoms with Crippen LogP contribution in [0.2, 0.25) is 0 Å². The summed E-state index contributed by atoms with van der Waals surface area (Å²) in [5.41, 5.74) is 0.405. The number of nitrogens with zero attached hydrogens (tertiary/aromatic N) is 2. The van der Waals surface area contributed by atoms with Gasteiger partial charge in [0.25, 0.3) is 0 Å². The summed E-state index contributed by atoms with van der Waals surface area (Å²) in [7, 11) is 0. The third-order valence-corrected chi connectivity index (χ3v) is 4.50. The predicted octanol–water partition coefficient (Wildman–Crippen LogP) is 0.908. The molecule has 2 heterocycles. The first-order valence-corrected chi connectivity index (χ1v) is 6.97. The Morgan fingerprint density at radius 3 is 2.50 bits per heavy atom. The molecule has 0 amide bonds. The van der Waals surface area contributed by atoms with Crippen LogP contribution in [0.4, 0.5) is 0 Å². The average Bonchev–Trinajstić information content (AvgIpc) is 3.04. The molecule has 3 aliphatic rings. The molecule has 3 fully saturated rings. The van der Waals surface area contributed by atoms with E-state index >= 15 is 0 Å². The van der Waals surface area contributed by atoms with E-state index in [0.717, 1.165) is 6.04 Å². The summed E-state index contributed by atoms with van der Waals surface area (Å²) in [6.07, 6.45) is 5.63. The molecule has 0 radical (unpaired) electrons. The fourth-order valence-corrected chi connectivity index (χ4v) is 3.31. The van der Waals surface area contributed by atoms with E-state index in [1.165, 1.54) is 65.0 Å². The van der Waals surface area contributed by atoms with Crippen LogP contribution in [0, 0.1) is 0 Å². The lowest BCUT2D eigenvalue weighted by atomic mass is 9.99. The second-order valence-corrected chi connectivity index (χ2v) is 6.13. The first-order chi connectivity index (χ1) is 7.75. The summed E-state index contributed by atoms with van der Waals surface area (Å²) in [5, 5.41) is 3.67. The smallest absolute Gasteiger partial charge is 0.0280 e. The normalized spacial score (nSPS) is 38.1. The zero-order valence-electron chi connectivity index (χ0n) is 10.5. The minimum Gasteiger partial charge on any atom is -0.310 e. The minimum atomic E-state index is 0.405. The Labute approximate surface area is 99.2 Å². The van der Waals surface area contributed by atoms with Gasteiger partial charge in [-0.05, 0) is 39.2 Å². The Balaban J connectivity index is 1.46. The molecule has 3 heteroatoms. The summed E-state index contributed by atoms with van der Waals surface area (Å²) in [5.74, 6) is 0. The Morgan fingerprint density at radius 1 is 1.19 bits per heavy atom. The van der Waals surface area contributed by atoms with Gasteiger partial charge in [-0.3, -0.25) is 9.80 Å². The number of nitrogens with one attached hydrogen (secondary N) is 1. The fourth-order valence-electron chi connectivity index (χ4n) is 3.31. The van der Waals surface area contributed by atoms with Crippen LogP contribution in [0.3, 0.4) is 0 Å². The van der Waals surface area contributed by atoms with Crippen molar-refractivity contribution < 1.29 is 0 Å². The first-order valence-electron chi connectivity index (χ1n) is 6.97. The van der Waals surface area contributed by atoms with Crippen molar-refractivity contribution >= 4 is 0 Å². The molecule has 3 rings (SSSR count). The highest BCUT2D eigenvalue weighted by Crippen LogP contribution is 2.28. The molecule has 1 saturated carbocycles. The maximum atomic E-state index is 3.67. The van der Waals surface area contributed by atoms with Crippen LogP contribution >= 0.6 is 0 Å². The van der Waals surface area contributed by atoms with Crippen molar-refractivity contribution in [3.63, 3.8) is 0 Å². The summed E-state index contributed by atoms with van der Waals surface area (Å²) in [4.78, 5) is 5.36. The molecule has 3 nitrogen and oxygen atoms in total. The van der Waals surface area contributed by atoms with E-state index in [1.807, 2.05) is 0 Å². The number of piperazine rings is 1. The van der Waals surface area contributed by atoms with Crippen molar-refractivity contribution in [3.8, 4) is 0 Å². The number of rotatable bonds is 3. The lowest BCUT2D eigenvalue weighted by Gasteiger charge is -2.39. The second kappa shape index (κ2) is 4.28. The van der Waals surface area contributed by atoms with E-state index in [1.54, 1.807) is 0 Å². The maximum Gasteiger partial charge on any atom is 0.0280 e. The van der Waals surface area contributed by atoms with Crippen molar-refractivity contribution in [3.05, 3.63) is 0 Å². The van der Waals surface area contributed by atoms with Gasteiger partial charge in [0.2, 0.25) is 0 Å². The number of hydrogen-bond acceptors (Lipinski definition) is 3. The Kier molecular flexibility index (Phi) is 2.94. The van der Waals surface area contributed by atoms with Crippen LogP contribution < -0.4 is 5.32 Å². The summed E-state index contributed by atoms with van der Waals surface area (Å²) >= 11 is 0. The van der Waals surface area contributed by atoms with E-state index in [0.29, 0.717) is 5.54 Å². The van der Waals surface area contributed by atoms with Crippen LogP contribution in [-0.4, -0.2) is 60.6 Å². The molecule has 0 spiro atoms. The highest BCUT2D eigenvalue weighted by Gasteiger charge is 2.34. The van der Waals surface area contributed by atoms with Gasteiger partial charge < -0.3 is 5.32 Å². The average molecular weight is 223 g/mol. The Hall–Kier alpha value is -0.120. The van der Waals surface area contributed by atoms with E-state index < -0.39 is 0 Å². The zero-order valence-corrected chi connectivity index (χ0v) is 10.5. The number of hydrogen-bond donors (Lipinski definition) is 1. The fraction of sp³-hybridized carbons (Fsp3) is 1.00. The van der Waals surface area contributed by atoms with Crippen LogP contribution in [0.1, 0.15) is 32.6 Å². The minimum absolute atomic E-state index is 0.405. The highest BCUT2D eigenvalue weighted by molar-refractivity contribution is 4.94. The molecule has 16 heavy (non-hydrogen) atoms. The third-order valence-electron chi connectivity index (χ3n) is 4.50. The summed E-state index contributed by atoms with van der Waals surface area (Å²) in [6.45, 7) is 10.1. The summed E-state index contributed by atoms with van der Waals surface area (Å²) in [6, 6.07) is 0.961. The lowest BCUT2D eigenvalue weighted by molar-refractivity contribution is 0.104. The molecule has 2 aliphatic heterocycles. The van der Waals surface area contributed by atoms with Gasteiger partial charge in [-0.25, -0.2) is 0 Å². The quantitative estimate of drug-likeness (QED) is 0.767. The topological polar surface area (TPSA) is 18.5 Å². The van der Waals surface area contributed by atoms with Crippen molar-refractivity contribution in [2.45, 2.75) is 44.2 Å². The van der Waals surface area contributed by atoms with Crippen LogP contribution in [0.15, 0.2) is 0 Å². The molecule has 0 aromatic carbocycles. The molecule has 1 atom stereocenters. The lowest BCUT2D eigenvalue weighted by Crippen LogP contribution is -2.54. The molecule has 0 aromatic heterocycles. The van der Waals surface area contributed by atoms with Gasteiger partial charge in [0.05, 0.1) is 0 Å². The van der Waals surface area contributed by atoms with E-state index in [4.69, 9.17) is 0 Å². The Bertz CT molecular complexity index is 236. The second-order valence-electron chi connectivity index (χ2n) is 6.13. The van der Waals surface area contributed by atoms with E-state index in [2.05, 4.69) is 22.0 Å². The molecule has 2 saturated heterocycles. The van der Waals surface area contributed by atoms with Crippen molar-refractivity contribution in [2.24, 2.45) is 0 Å².